The first-order valence-electron chi connectivity index (χ1n) is 14.5. The van der Waals surface area contributed by atoms with Crippen LogP contribution in [0.5, 0.6) is 0 Å². The number of carbonyl (C=O) groups is 2. The van der Waals surface area contributed by atoms with Crippen LogP contribution < -0.4 is 9.62 Å². The Balaban J connectivity index is 1.81. The van der Waals surface area contributed by atoms with Gasteiger partial charge in [0.2, 0.25) is 11.8 Å². The number of benzene rings is 4. The average Bonchev–Trinajstić information content (AvgIpc) is 3.00. The number of rotatable bonds is 12. The third-order valence-electron chi connectivity index (χ3n) is 7.53. The van der Waals surface area contributed by atoms with Gasteiger partial charge in [-0.25, -0.2) is 8.42 Å². The highest BCUT2D eigenvalue weighted by atomic mass is 79.9. The van der Waals surface area contributed by atoms with E-state index in [0.29, 0.717) is 12.2 Å². The number of amides is 2. The number of likely N-dealkylation sites (N-methyl/N-ethyl adjacent to an activating group) is 1. The van der Waals surface area contributed by atoms with E-state index in [2.05, 4.69) is 21.2 Å². The molecule has 0 saturated carbocycles. The molecule has 0 aromatic heterocycles. The van der Waals surface area contributed by atoms with Crippen molar-refractivity contribution in [2.24, 2.45) is 0 Å². The van der Waals surface area contributed by atoms with Crippen LogP contribution in [0.25, 0.3) is 0 Å². The van der Waals surface area contributed by atoms with Crippen molar-refractivity contribution in [2.45, 2.75) is 51.6 Å². The largest absolute Gasteiger partial charge is 0.355 e. The number of nitrogens with one attached hydrogen (secondary N) is 1. The highest BCUT2D eigenvalue weighted by molar-refractivity contribution is 9.10. The molecule has 0 heterocycles. The summed E-state index contributed by atoms with van der Waals surface area (Å²) in [5.74, 6) is -0.801. The SMILES string of the molecule is CCNC(=O)[C@H](Cc1ccccc1)N(Cc1cccc(Br)c1)C(=O)CN(c1ccc(C)c(C)c1)S(=O)(=O)c1ccc(C)cc1. The summed E-state index contributed by atoms with van der Waals surface area (Å²) >= 11 is 3.50. The third-order valence-corrected chi connectivity index (χ3v) is 9.81. The fraction of sp³-hybridized carbons (Fsp3) is 0.257. The molecule has 4 rings (SSSR count). The Labute approximate surface area is 269 Å². The Morgan fingerprint density at radius 2 is 1.50 bits per heavy atom. The Morgan fingerprint density at radius 1 is 0.818 bits per heavy atom. The summed E-state index contributed by atoms with van der Waals surface area (Å²) < 4.78 is 30.3. The van der Waals surface area contributed by atoms with Gasteiger partial charge in [0.15, 0.2) is 0 Å². The van der Waals surface area contributed by atoms with Gasteiger partial charge in [-0.3, -0.25) is 13.9 Å². The molecule has 0 spiro atoms. The van der Waals surface area contributed by atoms with Gasteiger partial charge in [-0.05, 0) is 86.3 Å². The molecule has 0 aliphatic carbocycles. The lowest BCUT2D eigenvalue weighted by Gasteiger charge is -2.34. The minimum Gasteiger partial charge on any atom is -0.355 e. The number of nitrogens with zero attached hydrogens (tertiary/aromatic N) is 2. The van der Waals surface area contributed by atoms with Crippen molar-refractivity contribution < 1.29 is 18.0 Å². The second kappa shape index (κ2) is 14.7. The standard InChI is InChI=1S/C35H38BrN3O4S/c1-5-37-35(41)33(22-28-10-7-6-8-11-28)38(23-29-12-9-13-30(36)21-29)34(40)24-39(31-17-16-26(3)27(4)20-31)44(42,43)32-18-14-25(2)15-19-32/h6-21,33H,5,22-24H2,1-4H3,(H,37,41)/t33-/m0/s1. The van der Waals surface area contributed by atoms with E-state index in [4.69, 9.17) is 0 Å². The van der Waals surface area contributed by atoms with Crippen molar-refractivity contribution in [2.75, 3.05) is 17.4 Å². The van der Waals surface area contributed by atoms with E-state index in [1.165, 1.54) is 4.90 Å². The third kappa shape index (κ3) is 8.15. The van der Waals surface area contributed by atoms with Gasteiger partial charge in [-0.2, -0.15) is 0 Å². The smallest absolute Gasteiger partial charge is 0.264 e. The maximum Gasteiger partial charge on any atom is 0.264 e. The van der Waals surface area contributed by atoms with Crippen LogP contribution in [0.3, 0.4) is 0 Å². The Morgan fingerprint density at radius 3 is 2.14 bits per heavy atom. The fourth-order valence-corrected chi connectivity index (χ4v) is 6.78. The lowest BCUT2D eigenvalue weighted by molar-refractivity contribution is -0.140. The Bertz CT molecular complexity index is 1710. The molecule has 0 aliphatic rings. The van der Waals surface area contributed by atoms with Gasteiger partial charge in [0.1, 0.15) is 12.6 Å². The normalized spacial score (nSPS) is 11.9. The molecule has 1 N–H and O–H groups in total. The summed E-state index contributed by atoms with van der Waals surface area (Å²) in [5, 5.41) is 2.88. The number of anilines is 1. The summed E-state index contributed by atoms with van der Waals surface area (Å²) in [7, 11) is -4.15. The van der Waals surface area contributed by atoms with Crippen LogP contribution in [0, 0.1) is 20.8 Å². The molecule has 0 radical (unpaired) electrons. The Kier molecular flexibility index (Phi) is 11.0. The van der Waals surface area contributed by atoms with E-state index in [0.717, 1.165) is 36.6 Å². The van der Waals surface area contributed by atoms with Gasteiger partial charge >= 0.3 is 0 Å². The van der Waals surface area contributed by atoms with Crippen LogP contribution in [0.4, 0.5) is 5.69 Å². The zero-order valence-corrected chi connectivity index (χ0v) is 27.9. The lowest BCUT2D eigenvalue weighted by Crippen LogP contribution is -2.53. The van der Waals surface area contributed by atoms with Crippen molar-refractivity contribution in [1.29, 1.82) is 0 Å². The van der Waals surface area contributed by atoms with Crippen LogP contribution in [0.15, 0.2) is 106 Å². The topological polar surface area (TPSA) is 86.8 Å². The maximum atomic E-state index is 14.5. The Hall–Kier alpha value is -3.95. The van der Waals surface area contributed by atoms with Crippen molar-refractivity contribution in [3.63, 3.8) is 0 Å². The van der Waals surface area contributed by atoms with Crippen molar-refractivity contribution in [3.8, 4) is 0 Å². The average molecular weight is 677 g/mol. The number of hydrogen-bond acceptors (Lipinski definition) is 4. The van der Waals surface area contributed by atoms with Gasteiger partial charge in [0, 0.05) is 24.0 Å². The van der Waals surface area contributed by atoms with E-state index >= 15 is 0 Å². The highest BCUT2D eigenvalue weighted by Gasteiger charge is 2.34. The molecule has 4 aromatic rings. The van der Waals surface area contributed by atoms with Crippen LogP contribution in [0.1, 0.15) is 34.7 Å². The zero-order chi connectivity index (χ0) is 31.9. The number of aryl methyl sites for hydroxylation is 3. The molecular formula is C35H38BrN3O4S. The first kappa shape index (κ1) is 33.0. The summed E-state index contributed by atoms with van der Waals surface area (Å²) in [4.78, 5) is 29.6. The molecule has 0 fully saturated rings. The fourth-order valence-electron chi connectivity index (χ4n) is 4.92. The van der Waals surface area contributed by atoms with Crippen LogP contribution >= 0.6 is 15.9 Å². The van der Waals surface area contributed by atoms with Gasteiger partial charge in [0.05, 0.1) is 10.6 Å². The molecule has 9 heteroatoms. The van der Waals surface area contributed by atoms with Gasteiger partial charge in [-0.1, -0.05) is 82.2 Å². The minimum absolute atomic E-state index is 0.0808. The van der Waals surface area contributed by atoms with Crippen LogP contribution in [-0.4, -0.2) is 44.3 Å². The number of halogens is 1. The molecule has 0 bridgehead atoms. The first-order valence-corrected chi connectivity index (χ1v) is 16.7. The van der Waals surface area contributed by atoms with Crippen LogP contribution in [0.2, 0.25) is 0 Å². The zero-order valence-electron chi connectivity index (χ0n) is 25.5. The predicted octanol–water partition coefficient (Wildman–Crippen LogP) is 6.35. The number of sulfonamides is 1. The molecular weight excluding hydrogens is 638 g/mol. The maximum absolute atomic E-state index is 14.5. The van der Waals surface area contributed by atoms with Crippen molar-refractivity contribution in [1.82, 2.24) is 10.2 Å². The summed E-state index contributed by atoms with van der Waals surface area (Å²) in [6.07, 6.45) is 0.265. The molecule has 1 atom stereocenters. The second-order valence-corrected chi connectivity index (χ2v) is 13.6. The molecule has 7 nitrogen and oxygen atoms in total. The summed E-state index contributed by atoms with van der Waals surface area (Å²) in [5.41, 5.74) is 4.88. The van der Waals surface area contributed by atoms with Gasteiger partial charge < -0.3 is 10.2 Å². The molecule has 44 heavy (non-hydrogen) atoms. The molecule has 4 aromatic carbocycles. The lowest BCUT2D eigenvalue weighted by atomic mass is 10.0. The first-order chi connectivity index (χ1) is 21.0. The molecule has 230 valence electrons. The van der Waals surface area contributed by atoms with Gasteiger partial charge in [0.25, 0.3) is 10.0 Å². The minimum atomic E-state index is -4.15. The second-order valence-electron chi connectivity index (χ2n) is 10.8. The van der Waals surface area contributed by atoms with Crippen LogP contribution in [-0.2, 0) is 32.6 Å². The van der Waals surface area contributed by atoms with Gasteiger partial charge in [-0.15, -0.1) is 0 Å². The van der Waals surface area contributed by atoms with E-state index in [1.54, 1.807) is 36.4 Å². The number of hydrogen-bond donors (Lipinski definition) is 1. The summed E-state index contributed by atoms with van der Waals surface area (Å²) in [6, 6.07) is 28.0. The molecule has 2 amide bonds. The van der Waals surface area contributed by atoms with E-state index in [-0.39, 0.29) is 23.8 Å². The monoisotopic (exact) mass is 675 g/mol. The summed E-state index contributed by atoms with van der Waals surface area (Å²) in [6.45, 7) is 7.57. The van der Waals surface area contributed by atoms with E-state index in [9.17, 15) is 18.0 Å². The quantitative estimate of drug-likeness (QED) is 0.190. The predicted molar refractivity (Wildman–Crippen MR) is 179 cm³/mol. The van der Waals surface area contributed by atoms with Crippen molar-refractivity contribution >= 4 is 43.5 Å². The van der Waals surface area contributed by atoms with E-state index < -0.39 is 28.5 Å². The van der Waals surface area contributed by atoms with Crippen molar-refractivity contribution in [3.05, 3.63) is 129 Å². The number of carbonyl (C=O) groups excluding carboxylic acids is 2. The molecule has 0 aliphatic heterocycles. The highest BCUT2D eigenvalue weighted by Crippen LogP contribution is 2.27. The molecule has 0 saturated heterocycles. The molecule has 0 unspecified atom stereocenters. The van der Waals surface area contributed by atoms with E-state index in [1.807, 2.05) is 88.4 Å².